The topological polar surface area (TPSA) is 107 Å². The lowest BCUT2D eigenvalue weighted by Gasteiger charge is -2.14. The van der Waals surface area contributed by atoms with E-state index in [2.05, 4.69) is 19.6 Å². The van der Waals surface area contributed by atoms with Gasteiger partial charge >= 0.3 is 18.7 Å². The van der Waals surface area contributed by atoms with Crippen LogP contribution in [-0.2, 0) is 12.8 Å². The van der Waals surface area contributed by atoms with E-state index >= 15 is 0 Å². The van der Waals surface area contributed by atoms with Gasteiger partial charge in [-0.1, -0.05) is 48.5 Å². The number of carbonyl (C=O) groups is 1. The Morgan fingerprint density at radius 2 is 1.56 bits per heavy atom. The van der Waals surface area contributed by atoms with Crippen LogP contribution in [0.1, 0.15) is 16.8 Å². The van der Waals surface area contributed by atoms with Crippen LogP contribution in [0, 0.1) is 6.92 Å². The summed E-state index contributed by atoms with van der Waals surface area (Å²) in [6, 6.07) is 22.3. The van der Waals surface area contributed by atoms with Gasteiger partial charge in [-0.15, -0.1) is 13.2 Å². The SMILES string of the molecule is Cc1cc(-c2ccc(OC(F)(F)F)cc2)ccc1COc1ccccc1-c1cccc(-c2n[nH]c(C(F)(F)F)c2OC(=O)O)n1. The second-order valence-electron chi connectivity index (χ2n) is 9.55. The first-order chi connectivity index (χ1) is 21.3. The number of nitrogens with one attached hydrogen (secondary N) is 1. The third kappa shape index (κ3) is 7.34. The number of hydrogen-bond acceptors (Lipinski definition) is 6. The van der Waals surface area contributed by atoms with E-state index in [1.54, 1.807) is 41.5 Å². The molecule has 0 atom stereocenters. The van der Waals surface area contributed by atoms with Crippen molar-refractivity contribution in [2.24, 2.45) is 0 Å². The van der Waals surface area contributed by atoms with Crippen LogP contribution in [0.15, 0.2) is 84.9 Å². The number of aryl methyl sites for hydroxylation is 1. The van der Waals surface area contributed by atoms with Crippen LogP contribution < -0.4 is 14.2 Å². The standard InChI is InChI=1S/C31H21F6N3O5/c1-17-15-19(18-11-13-21(14-12-18)45-31(35,36)37)9-10-20(17)16-43-25-8-3-2-5-22(25)23-6-4-7-24(38-23)26-27(44-29(41)42)28(40-39-26)30(32,33)34/h2-15H,16H2,1H3,(H,39,40)(H,41,42). The van der Waals surface area contributed by atoms with Gasteiger partial charge in [-0.05, 0) is 65.6 Å². The summed E-state index contributed by atoms with van der Waals surface area (Å²) >= 11 is 0. The summed E-state index contributed by atoms with van der Waals surface area (Å²) in [6.07, 6.45) is -11.7. The molecular formula is C31H21F6N3O5. The van der Waals surface area contributed by atoms with Crippen LogP contribution in [0.3, 0.4) is 0 Å². The van der Waals surface area contributed by atoms with Crippen LogP contribution in [-0.4, -0.2) is 32.8 Å². The minimum Gasteiger partial charge on any atom is -0.488 e. The number of pyridine rings is 1. The van der Waals surface area contributed by atoms with Crippen molar-refractivity contribution in [2.45, 2.75) is 26.1 Å². The van der Waals surface area contributed by atoms with E-state index in [9.17, 15) is 31.1 Å². The Balaban J connectivity index is 1.37. The molecule has 0 bridgehead atoms. The second-order valence-corrected chi connectivity index (χ2v) is 9.55. The third-order valence-corrected chi connectivity index (χ3v) is 6.50. The fourth-order valence-electron chi connectivity index (χ4n) is 4.45. The predicted molar refractivity (Wildman–Crippen MR) is 149 cm³/mol. The van der Waals surface area contributed by atoms with Gasteiger partial charge in [-0.25, -0.2) is 9.78 Å². The first-order valence-electron chi connectivity index (χ1n) is 13.0. The van der Waals surface area contributed by atoms with Gasteiger partial charge in [-0.2, -0.15) is 18.3 Å². The van der Waals surface area contributed by atoms with E-state index in [1.165, 1.54) is 36.4 Å². The highest BCUT2D eigenvalue weighted by Gasteiger charge is 2.40. The number of nitrogens with zero attached hydrogens (tertiary/aromatic N) is 2. The second kappa shape index (κ2) is 12.2. The molecule has 5 rings (SSSR count). The molecule has 232 valence electrons. The fourth-order valence-corrected chi connectivity index (χ4v) is 4.45. The van der Waals surface area contributed by atoms with Gasteiger partial charge in [0.25, 0.3) is 0 Å². The number of alkyl halides is 6. The maximum atomic E-state index is 13.4. The molecule has 0 amide bonds. The third-order valence-electron chi connectivity index (χ3n) is 6.50. The number of carboxylic acid groups (broad SMARTS) is 1. The molecule has 0 aliphatic carbocycles. The maximum absolute atomic E-state index is 13.4. The van der Waals surface area contributed by atoms with Crippen molar-refractivity contribution in [3.63, 3.8) is 0 Å². The maximum Gasteiger partial charge on any atom is 0.573 e. The number of aromatic nitrogens is 3. The van der Waals surface area contributed by atoms with Crippen molar-refractivity contribution in [3.05, 3.63) is 102 Å². The molecule has 0 spiro atoms. The summed E-state index contributed by atoms with van der Waals surface area (Å²) in [4.78, 5) is 15.5. The normalized spacial score (nSPS) is 11.7. The number of para-hydroxylation sites is 1. The minimum absolute atomic E-state index is 0.0743. The van der Waals surface area contributed by atoms with Crippen molar-refractivity contribution >= 4 is 6.16 Å². The fraction of sp³-hybridized carbons (Fsp3) is 0.129. The molecule has 2 aromatic heterocycles. The first-order valence-corrected chi connectivity index (χ1v) is 13.0. The highest BCUT2D eigenvalue weighted by molar-refractivity contribution is 5.74. The molecule has 0 aliphatic rings. The van der Waals surface area contributed by atoms with Crippen LogP contribution in [0.5, 0.6) is 17.2 Å². The molecule has 3 aromatic carbocycles. The van der Waals surface area contributed by atoms with Crippen molar-refractivity contribution < 1.29 is 50.5 Å². The van der Waals surface area contributed by atoms with E-state index in [1.807, 2.05) is 19.1 Å². The average molecular weight is 630 g/mol. The van der Waals surface area contributed by atoms with Crippen LogP contribution in [0.4, 0.5) is 31.1 Å². The zero-order valence-electron chi connectivity index (χ0n) is 23.0. The number of halogens is 6. The smallest absolute Gasteiger partial charge is 0.488 e. The van der Waals surface area contributed by atoms with Crippen molar-refractivity contribution in [1.29, 1.82) is 0 Å². The largest absolute Gasteiger partial charge is 0.573 e. The molecule has 0 radical (unpaired) electrons. The predicted octanol–water partition coefficient (Wildman–Crippen LogP) is 8.67. The summed E-state index contributed by atoms with van der Waals surface area (Å²) in [5, 5.41) is 14.4. The summed E-state index contributed by atoms with van der Waals surface area (Å²) in [5.74, 6) is -0.935. The zero-order valence-corrected chi connectivity index (χ0v) is 23.0. The minimum atomic E-state index is -4.96. The quantitative estimate of drug-likeness (QED) is 0.131. The molecular weight excluding hydrogens is 608 g/mol. The van der Waals surface area contributed by atoms with Gasteiger partial charge in [0.05, 0.1) is 11.4 Å². The lowest BCUT2D eigenvalue weighted by atomic mass is 10.00. The van der Waals surface area contributed by atoms with Gasteiger partial charge in [0.15, 0.2) is 17.1 Å². The molecule has 5 aromatic rings. The highest BCUT2D eigenvalue weighted by atomic mass is 19.4. The molecule has 0 unspecified atom stereocenters. The Morgan fingerprint density at radius 1 is 0.867 bits per heavy atom. The number of hydrogen-bond donors (Lipinski definition) is 2. The van der Waals surface area contributed by atoms with Crippen molar-refractivity contribution in [3.8, 4) is 51.0 Å². The molecule has 0 saturated heterocycles. The van der Waals surface area contributed by atoms with Crippen molar-refractivity contribution in [1.82, 2.24) is 15.2 Å². The van der Waals surface area contributed by atoms with Crippen molar-refractivity contribution in [2.75, 3.05) is 0 Å². The summed E-state index contributed by atoms with van der Waals surface area (Å²) in [6.45, 7) is 1.99. The van der Waals surface area contributed by atoms with Gasteiger partial charge in [-0.3, -0.25) is 5.10 Å². The Kier molecular flexibility index (Phi) is 8.40. The number of ether oxygens (including phenoxy) is 3. The molecule has 0 saturated carbocycles. The van der Waals surface area contributed by atoms with Gasteiger partial charge in [0, 0.05) is 5.56 Å². The van der Waals surface area contributed by atoms with Crippen LogP contribution >= 0.6 is 0 Å². The molecule has 0 fully saturated rings. The van der Waals surface area contributed by atoms with E-state index in [4.69, 9.17) is 9.84 Å². The molecule has 45 heavy (non-hydrogen) atoms. The Bertz CT molecular complexity index is 1840. The Labute approximate surface area is 250 Å². The Hall–Kier alpha value is -5.53. The van der Waals surface area contributed by atoms with Gasteiger partial charge in [0.1, 0.15) is 18.1 Å². The summed E-state index contributed by atoms with van der Waals surface area (Å²) in [7, 11) is 0. The molecule has 0 aliphatic heterocycles. The number of benzene rings is 3. The molecule has 2 heterocycles. The monoisotopic (exact) mass is 629 g/mol. The summed E-state index contributed by atoms with van der Waals surface area (Å²) < 4.78 is 92.1. The molecule has 2 N–H and O–H groups in total. The first kappa shape index (κ1) is 30.9. The zero-order chi connectivity index (χ0) is 32.4. The van der Waals surface area contributed by atoms with E-state index in [0.717, 1.165) is 16.7 Å². The molecule has 8 nitrogen and oxygen atoms in total. The van der Waals surface area contributed by atoms with Gasteiger partial charge < -0.3 is 19.3 Å². The van der Waals surface area contributed by atoms with Crippen LogP contribution in [0.25, 0.3) is 33.8 Å². The van der Waals surface area contributed by atoms with E-state index < -0.39 is 35.8 Å². The molecule has 14 heteroatoms. The number of rotatable bonds is 8. The highest BCUT2D eigenvalue weighted by Crippen LogP contribution is 2.41. The van der Waals surface area contributed by atoms with E-state index in [-0.39, 0.29) is 18.1 Å². The Morgan fingerprint density at radius 3 is 2.22 bits per heavy atom. The lowest BCUT2D eigenvalue weighted by molar-refractivity contribution is -0.274. The average Bonchev–Trinajstić information content (AvgIpc) is 3.40. The number of H-pyrrole nitrogens is 1. The van der Waals surface area contributed by atoms with E-state index in [0.29, 0.717) is 22.6 Å². The van der Waals surface area contributed by atoms with Crippen LogP contribution in [0.2, 0.25) is 0 Å². The number of aromatic amines is 1. The van der Waals surface area contributed by atoms with Gasteiger partial charge in [0.2, 0.25) is 0 Å². The lowest BCUT2D eigenvalue weighted by Crippen LogP contribution is -2.16. The summed E-state index contributed by atoms with van der Waals surface area (Å²) in [5.41, 5.74) is 1.96.